The Morgan fingerprint density at radius 3 is 2.21 bits per heavy atom. The fourth-order valence-electron chi connectivity index (χ4n) is 3.10. The summed E-state index contributed by atoms with van der Waals surface area (Å²) in [5, 5.41) is 16.3. The molecule has 2 amide bonds. The fourth-order valence-corrected chi connectivity index (χ4v) is 3.10. The third-order valence-electron chi connectivity index (χ3n) is 4.73. The van der Waals surface area contributed by atoms with Crippen LogP contribution in [0.15, 0.2) is 42.5 Å². The molecule has 0 heterocycles. The minimum absolute atomic E-state index is 0.0670. The molecule has 184 valence electrons. The Balaban J connectivity index is 3.01. The number of carbonyl (C=O) groups excluding carboxylic acids is 3. The van der Waals surface area contributed by atoms with Crippen LogP contribution in [0.2, 0.25) is 0 Å². The highest BCUT2D eigenvalue weighted by Gasteiger charge is 2.31. The second-order valence-electron chi connectivity index (χ2n) is 9.27. The molecule has 1 rings (SSSR count). The molecule has 1 aromatic rings. The van der Waals surface area contributed by atoms with Crippen molar-refractivity contribution in [3.63, 3.8) is 0 Å². The predicted octanol–water partition coefficient (Wildman–Crippen LogP) is 3.13. The van der Waals surface area contributed by atoms with E-state index in [0.717, 1.165) is 5.56 Å². The normalized spacial score (nSPS) is 14.1. The SMILES string of the molecule is C=C(C[C@H](O)[C@H](Cc1ccccc1)NC(=O)[C@@H](NC(=O)OC(C)(C)C)C(C)C)C(=O)OCC. The summed E-state index contributed by atoms with van der Waals surface area (Å²) in [6.45, 7) is 14.4. The number of aliphatic hydroxyl groups excluding tert-OH is 1. The smallest absolute Gasteiger partial charge is 0.408 e. The molecule has 0 aliphatic heterocycles. The van der Waals surface area contributed by atoms with Gasteiger partial charge in [0.05, 0.1) is 18.8 Å². The third kappa shape index (κ3) is 10.5. The predicted molar refractivity (Wildman–Crippen MR) is 126 cm³/mol. The molecular weight excluding hydrogens is 424 g/mol. The summed E-state index contributed by atoms with van der Waals surface area (Å²) in [5.41, 5.74) is 0.301. The topological polar surface area (TPSA) is 114 Å². The molecule has 1 aromatic carbocycles. The Kier molecular flexibility index (Phi) is 11.1. The molecule has 0 bridgehead atoms. The van der Waals surface area contributed by atoms with Crippen molar-refractivity contribution in [2.45, 2.75) is 78.2 Å². The van der Waals surface area contributed by atoms with E-state index < -0.39 is 41.8 Å². The van der Waals surface area contributed by atoms with Crippen LogP contribution >= 0.6 is 0 Å². The zero-order valence-electron chi connectivity index (χ0n) is 20.5. The molecule has 8 heteroatoms. The van der Waals surface area contributed by atoms with Crippen LogP contribution < -0.4 is 10.6 Å². The third-order valence-corrected chi connectivity index (χ3v) is 4.73. The second kappa shape index (κ2) is 13.0. The highest BCUT2D eigenvalue weighted by atomic mass is 16.6. The molecule has 0 aromatic heterocycles. The van der Waals surface area contributed by atoms with E-state index >= 15 is 0 Å². The molecule has 0 spiro atoms. The van der Waals surface area contributed by atoms with Gasteiger partial charge >= 0.3 is 12.1 Å². The highest BCUT2D eigenvalue weighted by molar-refractivity contribution is 5.88. The van der Waals surface area contributed by atoms with E-state index in [0.29, 0.717) is 6.42 Å². The van der Waals surface area contributed by atoms with Crippen molar-refractivity contribution < 1.29 is 29.0 Å². The van der Waals surface area contributed by atoms with Crippen molar-refractivity contribution in [1.82, 2.24) is 10.6 Å². The molecule has 0 aliphatic carbocycles. The maximum absolute atomic E-state index is 13.1. The van der Waals surface area contributed by atoms with Crippen molar-refractivity contribution in [2.75, 3.05) is 6.61 Å². The van der Waals surface area contributed by atoms with Gasteiger partial charge in [-0.25, -0.2) is 9.59 Å². The van der Waals surface area contributed by atoms with Gasteiger partial charge in [0.25, 0.3) is 0 Å². The zero-order valence-corrected chi connectivity index (χ0v) is 20.5. The minimum atomic E-state index is -1.10. The molecule has 33 heavy (non-hydrogen) atoms. The van der Waals surface area contributed by atoms with Crippen LogP contribution in [0.4, 0.5) is 4.79 Å². The van der Waals surface area contributed by atoms with E-state index in [1.54, 1.807) is 41.5 Å². The van der Waals surface area contributed by atoms with E-state index in [2.05, 4.69) is 17.2 Å². The van der Waals surface area contributed by atoms with Crippen LogP contribution in [0, 0.1) is 5.92 Å². The number of rotatable bonds is 11. The maximum atomic E-state index is 13.1. The lowest BCUT2D eigenvalue weighted by molar-refractivity contribution is -0.138. The summed E-state index contributed by atoms with van der Waals surface area (Å²) < 4.78 is 10.2. The Morgan fingerprint density at radius 1 is 1.09 bits per heavy atom. The first-order valence-corrected chi connectivity index (χ1v) is 11.2. The molecule has 8 nitrogen and oxygen atoms in total. The van der Waals surface area contributed by atoms with Gasteiger partial charge in [0.1, 0.15) is 11.6 Å². The summed E-state index contributed by atoms with van der Waals surface area (Å²) in [5.74, 6) is -1.29. The number of alkyl carbamates (subject to hydrolysis) is 1. The molecule has 0 saturated heterocycles. The Morgan fingerprint density at radius 2 is 1.70 bits per heavy atom. The van der Waals surface area contributed by atoms with Crippen molar-refractivity contribution >= 4 is 18.0 Å². The maximum Gasteiger partial charge on any atom is 0.408 e. The monoisotopic (exact) mass is 462 g/mol. The lowest BCUT2D eigenvalue weighted by atomic mass is 9.95. The Labute approximate surface area is 196 Å². The van der Waals surface area contributed by atoms with Crippen molar-refractivity contribution in [3.8, 4) is 0 Å². The van der Waals surface area contributed by atoms with Crippen molar-refractivity contribution in [2.24, 2.45) is 5.92 Å². The molecule has 0 saturated carbocycles. The molecule has 0 radical (unpaired) electrons. The number of esters is 1. The summed E-state index contributed by atoms with van der Waals surface area (Å²) in [6, 6.07) is 7.75. The van der Waals surface area contributed by atoms with Crippen LogP contribution in [-0.4, -0.2) is 53.5 Å². The average Bonchev–Trinajstić information content (AvgIpc) is 2.70. The average molecular weight is 463 g/mol. The van der Waals surface area contributed by atoms with Crippen LogP contribution in [0.3, 0.4) is 0 Å². The lowest BCUT2D eigenvalue weighted by Crippen LogP contribution is -2.55. The van der Waals surface area contributed by atoms with Gasteiger partial charge < -0.3 is 25.2 Å². The summed E-state index contributed by atoms with van der Waals surface area (Å²) in [7, 11) is 0. The van der Waals surface area contributed by atoms with Crippen LogP contribution in [-0.2, 0) is 25.5 Å². The minimum Gasteiger partial charge on any atom is -0.463 e. The molecular formula is C25H38N2O6. The zero-order chi connectivity index (χ0) is 25.2. The first-order chi connectivity index (χ1) is 15.3. The summed E-state index contributed by atoms with van der Waals surface area (Å²) in [4.78, 5) is 37.3. The van der Waals surface area contributed by atoms with Gasteiger partial charge in [0.15, 0.2) is 0 Å². The van der Waals surface area contributed by atoms with Gasteiger partial charge in [0.2, 0.25) is 5.91 Å². The number of aliphatic hydroxyl groups is 1. The van der Waals surface area contributed by atoms with Crippen molar-refractivity contribution in [3.05, 3.63) is 48.0 Å². The number of carbonyl (C=O) groups is 3. The molecule has 0 fully saturated rings. The van der Waals surface area contributed by atoms with Gasteiger partial charge in [-0.2, -0.15) is 0 Å². The second-order valence-corrected chi connectivity index (χ2v) is 9.27. The molecule has 3 N–H and O–H groups in total. The number of benzene rings is 1. The van der Waals surface area contributed by atoms with Gasteiger partial charge in [-0.05, 0) is 45.6 Å². The van der Waals surface area contributed by atoms with Crippen molar-refractivity contribution in [1.29, 1.82) is 0 Å². The van der Waals surface area contributed by atoms with Gasteiger partial charge in [-0.3, -0.25) is 4.79 Å². The first-order valence-electron chi connectivity index (χ1n) is 11.2. The van der Waals surface area contributed by atoms with E-state index in [9.17, 15) is 19.5 Å². The number of nitrogens with one attached hydrogen (secondary N) is 2. The summed E-state index contributed by atoms with van der Waals surface area (Å²) in [6.07, 6.45) is -1.54. The van der Waals surface area contributed by atoms with Gasteiger partial charge in [-0.1, -0.05) is 50.8 Å². The number of amides is 2. The van der Waals surface area contributed by atoms with Crippen LogP contribution in [0.1, 0.15) is 53.5 Å². The Bertz CT molecular complexity index is 801. The molecule has 0 aliphatic rings. The Hall–Kier alpha value is -2.87. The summed E-state index contributed by atoms with van der Waals surface area (Å²) >= 11 is 0. The van der Waals surface area contributed by atoms with E-state index in [1.807, 2.05) is 30.3 Å². The number of ether oxygens (including phenoxy) is 2. The van der Waals surface area contributed by atoms with E-state index in [4.69, 9.17) is 9.47 Å². The van der Waals surface area contributed by atoms with Gasteiger partial charge in [-0.15, -0.1) is 0 Å². The van der Waals surface area contributed by atoms with Crippen LogP contribution in [0.5, 0.6) is 0 Å². The van der Waals surface area contributed by atoms with E-state index in [-0.39, 0.29) is 24.5 Å². The van der Waals surface area contributed by atoms with Gasteiger partial charge in [0, 0.05) is 12.0 Å². The first kappa shape index (κ1) is 28.2. The fraction of sp³-hybridized carbons (Fsp3) is 0.560. The van der Waals surface area contributed by atoms with Crippen LogP contribution in [0.25, 0.3) is 0 Å². The number of hydrogen-bond donors (Lipinski definition) is 3. The quantitative estimate of drug-likeness (QED) is 0.344. The molecule has 0 unspecified atom stereocenters. The largest absolute Gasteiger partial charge is 0.463 e. The standard InChI is InChI=1S/C25H38N2O6/c1-8-32-23(30)17(4)14-20(28)19(15-18-12-10-9-11-13-18)26-22(29)21(16(2)3)27-24(31)33-25(5,6)7/h9-13,16,19-21,28H,4,8,14-15H2,1-3,5-7H3,(H,26,29)(H,27,31)/t19-,20-,21-/m0/s1. The number of hydrogen-bond acceptors (Lipinski definition) is 6. The highest BCUT2D eigenvalue weighted by Crippen LogP contribution is 2.15. The van der Waals surface area contributed by atoms with E-state index in [1.165, 1.54) is 0 Å². The molecule has 3 atom stereocenters. The lowest BCUT2D eigenvalue weighted by Gasteiger charge is -2.29.